The van der Waals surface area contributed by atoms with Crippen LogP contribution in [0.15, 0.2) is 36.9 Å². The Labute approximate surface area is 128 Å². The predicted molar refractivity (Wildman–Crippen MR) is 88.5 cm³/mol. The summed E-state index contributed by atoms with van der Waals surface area (Å²) in [6.07, 6.45) is 1.62. The van der Waals surface area contributed by atoms with E-state index in [1.165, 1.54) is 4.31 Å². The maximum Gasteiger partial charge on any atom is 0.218 e. The van der Waals surface area contributed by atoms with Crippen LogP contribution in [-0.2, 0) is 22.3 Å². The van der Waals surface area contributed by atoms with Crippen molar-refractivity contribution >= 4 is 10.0 Å². The van der Waals surface area contributed by atoms with Crippen molar-refractivity contribution in [3.05, 3.63) is 48.0 Å². The van der Waals surface area contributed by atoms with E-state index >= 15 is 0 Å². The van der Waals surface area contributed by atoms with E-state index in [-0.39, 0.29) is 11.8 Å². The number of sulfonamides is 1. The van der Waals surface area contributed by atoms with Crippen molar-refractivity contribution in [2.45, 2.75) is 39.1 Å². The highest BCUT2D eigenvalue weighted by Gasteiger charge is 2.24. The topological polar surface area (TPSA) is 49.4 Å². The first-order valence-electron chi connectivity index (χ1n) is 7.29. The molecule has 21 heavy (non-hydrogen) atoms. The van der Waals surface area contributed by atoms with Crippen molar-refractivity contribution in [2.75, 3.05) is 13.1 Å². The van der Waals surface area contributed by atoms with E-state index in [4.69, 9.17) is 0 Å². The van der Waals surface area contributed by atoms with Gasteiger partial charge in [-0.2, -0.15) is 4.31 Å². The summed E-state index contributed by atoms with van der Waals surface area (Å²) in [7, 11) is -3.33. The summed E-state index contributed by atoms with van der Waals surface area (Å²) in [5.41, 5.74) is 1.92. The molecule has 0 aliphatic carbocycles. The standard InChI is InChI=1S/C16H26N2O2S/c1-5-10-18(14(3)4)21(19,20)13-16-9-7-8-15(11-16)12-17-6-2/h5,7-9,11,14,17H,1,6,10,12-13H2,2-4H3. The lowest BCUT2D eigenvalue weighted by molar-refractivity contribution is 0.382. The smallest absolute Gasteiger partial charge is 0.218 e. The molecule has 0 amide bonds. The van der Waals surface area contributed by atoms with E-state index in [1.54, 1.807) is 6.08 Å². The molecular weight excluding hydrogens is 284 g/mol. The fraction of sp³-hybridized carbons (Fsp3) is 0.500. The van der Waals surface area contributed by atoms with Crippen molar-refractivity contribution in [1.29, 1.82) is 0 Å². The highest BCUT2D eigenvalue weighted by atomic mass is 32.2. The molecule has 118 valence electrons. The van der Waals surface area contributed by atoms with Crippen LogP contribution in [0.3, 0.4) is 0 Å². The van der Waals surface area contributed by atoms with Crippen LogP contribution in [0, 0.1) is 0 Å². The molecular formula is C16H26N2O2S. The Morgan fingerprint density at radius 1 is 1.33 bits per heavy atom. The summed E-state index contributed by atoms with van der Waals surface area (Å²) >= 11 is 0. The summed E-state index contributed by atoms with van der Waals surface area (Å²) in [6, 6.07) is 7.65. The van der Waals surface area contributed by atoms with Crippen LogP contribution in [-0.4, -0.2) is 31.9 Å². The van der Waals surface area contributed by atoms with Gasteiger partial charge in [0.05, 0.1) is 5.75 Å². The second-order valence-corrected chi connectivity index (χ2v) is 7.23. The third-order valence-corrected chi connectivity index (χ3v) is 5.15. The molecule has 0 bridgehead atoms. The van der Waals surface area contributed by atoms with Gasteiger partial charge in [0, 0.05) is 19.1 Å². The van der Waals surface area contributed by atoms with E-state index in [1.807, 2.05) is 45.0 Å². The van der Waals surface area contributed by atoms with Gasteiger partial charge in [-0.3, -0.25) is 0 Å². The molecule has 0 aliphatic rings. The molecule has 5 heteroatoms. The highest BCUT2D eigenvalue weighted by molar-refractivity contribution is 7.88. The van der Waals surface area contributed by atoms with Gasteiger partial charge in [-0.25, -0.2) is 8.42 Å². The number of nitrogens with one attached hydrogen (secondary N) is 1. The fourth-order valence-electron chi connectivity index (χ4n) is 2.17. The Bertz CT molecular complexity index is 553. The van der Waals surface area contributed by atoms with Crippen molar-refractivity contribution in [1.82, 2.24) is 9.62 Å². The molecule has 0 radical (unpaired) electrons. The summed E-state index contributed by atoms with van der Waals surface area (Å²) in [6.45, 7) is 11.4. The lowest BCUT2D eigenvalue weighted by Gasteiger charge is -2.24. The molecule has 0 saturated heterocycles. The van der Waals surface area contributed by atoms with E-state index in [9.17, 15) is 8.42 Å². The molecule has 0 saturated carbocycles. The zero-order valence-electron chi connectivity index (χ0n) is 13.2. The van der Waals surface area contributed by atoms with Crippen LogP contribution in [0.2, 0.25) is 0 Å². The molecule has 0 fully saturated rings. The largest absolute Gasteiger partial charge is 0.313 e. The molecule has 1 aromatic carbocycles. The van der Waals surface area contributed by atoms with Gasteiger partial charge in [0.2, 0.25) is 10.0 Å². The monoisotopic (exact) mass is 310 g/mol. The SMILES string of the molecule is C=CCN(C(C)C)S(=O)(=O)Cc1cccc(CNCC)c1. The third-order valence-electron chi connectivity index (χ3n) is 3.16. The number of hydrogen-bond acceptors (Lipinski definition) is 3. The van der Waals surface area contributed by atoms with Gasteiger partial charge >= 0.3 is 0 Å². The maximum absolute atomic E-state index is 12.5. The molecule has 1 rings (SSSR count). The van der Waals surface area contributed by atoms with E-state index in [0.717, 1.165) is 24.2 Å². The first-order valence-corrected chi connectivity index (χ1v) is 8.90. The molecule has 0 aliphatic heterocycles. The van der Waals surface area contributed by atoms with Crippen LogP contribution in [0.5, 0.6) is 0 Å². The molecule has 1 N–H and O–H groups in total. The Balaban J connectivity index is 2.89. The van der Waals surface area contributed by atoms with Crippen molar-refractivity contribution in [2.24, 2.45) is 0 Å². The number of benzene rings is 1. The predicted octanol–water partition coefficient (Wildman–Crippen LogP) is 2.52. The van der Waals surface area contributed by atoms with Crippen molar-refractivity contribution in [3.8, 4) is 0 Å². The minimum absolute atomic E-state index is 0.0268. The summed E-state index contributed by atoms with van der Waals surface area (Å²) in [5.74, 6) is 0.0268. The maximum atomic E-state index is 12.5. The van der Waals surface area contributed by atoms with Gasteiger partial charge in [0.1, 0.15) is 0 Å². The number of nitrogens with zero attached hydrogens (tertiary/aromatic N) is 1. The first kappa shape index (κ1) is 17.9. The van der Waals surface area contributed by atoms with Crippen LogP contribution >= 0.6 is 0 Å². The van der Waals surface area contributed by atoms with Crippen LogP contribution in [0.4, 0.5) is 0 Å². The lowest BCUT2D eigenvalue weighted by atomic mass is 10.1. The Kier molecular flexibility index (Phi) is 7.08. The van der Waals surface area contributed by atoms with Crippen molar-refractivity contribution < 1.29 is 8.42 Å². The number of rotatable bonds is 9. The Morgan fingerprint density at radius 3 is 2.57 bits per heavy atom. The molecule has 4 nitrogen and oxygen atoms in total. The second-order valence-electron chi connectivity index (χ2n) is 5.31. The van der Waals surface area contributed by atoms with Crippen LogP contribution < -0.4 is 5.32 Å². The summed E-state index contributed by atoms with van der Waals surface area (Å²) in [4.78, 5) is 0. The molecule has 0 spiro atoms. The van der Waals surface area contributed by atoms with Gasteiger partial charge in [-0.05, 0) is 31.5 Å². The van der Waals surface area contributed by atoms with Crippen LogP contribution in [0.25, 0.3) is 0 Å². The quantitative estimate of drug-likeness (QED) is 0.713. The van der Waals surface area contributed by atoms with Gasteiger partial charge < -0.3 is 5.32 Å². The highest BCUT2D eigenvalue weighted by Crippen LogP contribution is 2.15. The first-order chi connectivity index (χ1) is 9.90. The Morgan fingerprint density at radius 2 is 2.00 bits per heavy atom. The second kappa shape index (κ2) is 8.32. The summed E-state index contributed by atoms with van der Waals surface area (Å²) < 4.78 is 26.5. The van der Waals surface area contributed by atoms with Crippen molar-refractivity contribution in [3.63, 3.8) is 0 Å². The average molecular weight is 310 g/mol. The lowest BCUT2D eigenvalue weighted by Crippen LogP contribution is -2.37. The molecule has 0 aromatic heterocycles. The fourth-order valence-corrected chi connectivity index (χ4v) is 3.91. The third kappa shape index (κ3) is 5.61. The minimum Gasteiger partial charge on any atom is -0.313 e. The number of hydrogen-bond donors (Lipinski definition) is 1. The molecule has 0 heterocycles. The van der Waals surface area contributed by atoms with Gasteiger partial charge in [-0.15, -0.1) is 6.58 Å². The van der Waals surface area contributed by atoms with E-state index in [2.05, 4.69) is 11.9 Å². The molecule has 0 unspecified atom stereocenters. The molecule has 0 atom stereocenters. The summed E-state index contributed by atoms with van der Waals surface area (Å²) in [5, 5.41) is 3.24. The zero-order chi connectivity index (χ0) is 15.9. The minimum atomic E-state index is -3.33. The zero-order valence-corrected chi connectivity index (χ0v) is 14.0. The van der Waals surface area contributed by atoms with Gasteiger partial charge in [0.25, 0.3) is 0 Å². The average Bonchev–Trinajstić information content (AvgIpc) is 2.41. The normalized spacial score (nSPS) is 12.0. The Hall–Kier alpha value is -1.17. The van der Waals surface area contributed by atoms with Gasteiger partial charge in [0.15, 0.2) is 0 Å². The van der Waals surface area contributed by atoms with Gasteiger partial charge in [-0.1, -0.05) is 37.3 Å². The van der Waals surface area contributed by atoms with Crippen LogP contribution in [0.1, 0.15) is 31.9 Å². The molecule has 1 aromatic rings. The van der Waals surface area contributed by atoms with E-state index < -0.39 is 10.0 Å². The van der Waals surface area contributed by atoms with E-state index in [0.29, 0.717) is 6.54 Å².